The molecular weight excluding hydrogens is 226 g/mol. The molecule has 96 valence electrons. The second kappa shape index (κ2) is 5.77. The van der Waals surface area contributed by atoms with E-state index in [1.165, 1.54) is 6.26 Å². The van der Waals surface area contributed by atoms with Crippen LogP contribution in [0.25, 0.3) is 0 Å². The number of hydrogen-bond acceptors (Lipinski definition) is 4. The molecule has 0 aliphatic rings. The van der Waals surface area contributed by atoms with E-state index in [-0.39, 0.29) is 11.5 Å². The van der Waals surface area contributed by atoms with Crippen LogP contribution in [-0.4, -0.2) is 50.7 Å². The summed E-state index contributed by atoms with van der Waals surface area (Å²) >= 11 is 0. The Morgan fingerprint density at radius 1 is 1.31 bits per heavy atom. The number of hydrogen-bond donors (Lipinski definition) is 0. The van der Waals surface area contributed by atoms with Gasteiger partial charge in [0, 0.05) is 12.7 Å². The number of carbonyl (C=O) groups is 1. The van der Waals surface area contributed by atoms with Crippen LogP contribution >= 0.6 is 0 Å². The fourth-order valence-corrected chi connectivity index (χ4v) is 2.20. The molecule has 1 unspecified atom stereocenters. The topological polar surface area (TPSA) is 54.5 Å². The van der Waals surface area contributed by atoms with Crippen molar-refractivity contribution in [1.82, 2.24) is 4.90 Å². The summed E-state index contributed by atoms with van der Waals surface area (Å²) in [5.41, 5.74) is -0.475. The van der Waals surface area contributed by atoms with Gasteiger partial charge >= 0.3 is 0 Å². The lowest BCUT2D eigenvalue weighted by Gasteiger charge is -2.34. The zero-order chi connectivity index (χ0) is 13.0. The lowest BCUT2D eigenvalue weighted by molar-refractivity contribution is -0.129. The first kappa shape index (κ1) is 15.6. The predicted molar refractivity (Wildman–Crippen MR) is 66.3 cm³/mol. The van der Waals surface area contributed by atoms with Crippen LogP contribution in [0, 0.1) is 0 Å². The average Bonchev–Trinajstić information content (AvgIpc) is 2.13. The number of rotatable bonds is 7. The van der Waals surface area contributed by atoms with Crippen LogP contribution in [0.5, 0.6) is 0 Å². The molecule has 0 aromatic carbocycles. The second-order valence-electron chi connectivity index (χ2n) is 4.68. The summed E-state index contributed by atoms with van der Waals surface area (Å²) in [7, 11) is 0.788. The Labute approximate surface area is 98.9 Å². The molecular formula is C11H23NO3S. The molecule has 0 spiro atoms. The number of nitrogens with zero attached hydrogens (tertiary/aromatic N) is 1. The summed E-state index contributed by atoms with van der Waals surface area (Å²) in [5.74, 6) is 0.204. The summed E-state index contributed by atoms with van der Waals surface area (Å²) < 4.78 is 21.9. The van der Waals surface area contributed by atoms with E-state index in [1.54, 1.807) is 0 Å². The molecule has 5 heteroatoms. The van der Waals surface area contributed by atoms with Crippen molar-refractivity contribution in [2.45, 2.75) is 38.6 Å². The molecule has 0 N–H and O–H groups in total. The molecule has 0 bridgehead atoms. The Morgan fingerprint density at radius 3 is 2.12 bits per heavy atom. The highest BCUT2D eigenvalue weighted by Gasteiger charge is 2.32. The molecule has 0 rings (SSSR count). The van der Waals surface area contributed by atoms with Crippen molar-refractivity contribution in [3.63, 3.8) is 0 Å². The van der Waals surface area contributed by atoms with Gasteiger partial charge in [-0.2, -0.15) is 0 Å². The maximum atomic E-state index is 12.0. The van der Waals surface area contributed by atoms with Gasteiger partial charge in [0.05, 0.1) is 11.3 Å². The van der Waals surface area contributed by atoms with Gasteiger partial charge in [-0.05, 0) is 33.9 Å². The van der Waals surface area contributed by atoms with Crippen molar-refractivity contribution in [1.29, 1.82) is 0 Å². The Morgan fingerprint density at radius 2 is 1.81 bits per heavy atom. The molecule has 0 fully saturated rings. The van der Waals surface area contributed by atoms with Crippen LogP contribution in [0.4, 0.5) is 0 Å². The Kier molecular flexibility index (Phi) is 5.62. The van der Waals surface area contributed by atoms with Gasteiger partial charge in [-0.25, -0.2) is 8.42 Å². The zero-order valence-corrected chi connectivity index (χ0v) is 11.7. The third kappa shape index (κ3) is 4.61. The summed E-state index contributed by atoms with van der Waals surface area (Å²) in [5, 5.41) is 0. The molecule has 0 aliphatic carbocycles. The van der Waals surface area contributed by atoms with Crippen molar-refractivity contribution in [2.24, 2.45) is 0 Å². The fraction of sp³-hybridized carbons (Fsp3) is 0.909. The number of likely N-dealkylation sites (N-methyl/N-ethyl adjacent to an activating group) is 1. The Bertz CT molecular complexity index is 335. The van der Waals surface area contributed by atoms with E-state index in [0.717, 1.165) is 6.42 Å². The Balaban J connectivity index is 4.35. The number of carbonyl (C=O) groups excluding carboxylic acids is 1. The normalized spacial score (nSPS) is 16.1. The summed E-state index contributed by atoms with van der Waals surface area (Å²) in [4.78, 5) is 13.9. The van der Waals surface area contributed by atoms with Crippen LogP contribution in [0.2, 0.25) is 0 Å². The number of Topliss-reactive ketones (excluding diaryl/α,β-unsaturated/α-hetero) is 1. The highest BCUT2D eigenvalue weighted by Crippen LogP contribution is 2.19. The first-order valence-electron chi connectivity index (χ1n) is 5.52. The molecule has 0 aliphatic heterocycles. The summed E-state index contributed by atoms with van der Waals surface area (Å²) in [6.07, 6.45) is 2.68. The largest absolute Gasteiger partial charge is 0.298 e. The molecule has 0 heterocycles. The first-order chi connectivity index (χ1) is 7.13. The fourth-order valence-electron chi connectivity index (χ4n) is 1.53. The van der Waals surface area contributed by atoms with Gasteiger partial charge in [-0.1, -0.05) is 6.92 Å². The maximum Gasteiger partial charge on any atom is 0.152 e. The SMILES string of the molecule is CCC(C)(C(=O)CCCS(C)(=O)=O)N(C)C. The van der Waals surface area contributed by atoms with Crippen molar-refractivity contribution in [3.8, 4) is 0 Å². The average molecular weight is 249 g/mol. The lowest BCUT2D eigenvalue weighted by atomic mass is 9.89. The summed E-state index contributed by atoms with van der Waals surface area (Å²) in [6, 6.07) is 0. The van der Waals surface area contributed by atoms with Gasteiger partial charge < -0.3 is 0 Å². The molecule has 0 saturated heterocycles. The van der Waals surface area contributed by atoms with Crippen molar-refractivity contribution in [2.75, 3.05) is 26.1 Å². The molecule has 0 aromatic heterocycles. The Hall–Kier alpha value is -0.420. The van der Waals surface area contributed by atoms with E-state index in [4.69, 9.17) is 0 Å². The van der Waals surface area contributed by atoms with Gasteiger partial charge in [0.2, 0.25) is 0 Å². The zero-order valence-electron chi connectivity index (χ0n) is 10.9. The monoisotopic (exact) mass is 249 g/mol. The van der Waals surface area contributed by atoms with Crippen LogP contribution in [0.3, 0.4) is 0 Å². The maximum absolute atomic E-state index is 12.0. The van der Waals surface area contributed by atoms with E-state index >= 15 is 0 Å². The summed E-state index contributed by atoms with van der Waals surface area (Å²) in [6.45, 7) is 3.87. The van der Waals surface area contributed by atoms with Crippen molar-refractivity contribution in [3.05, 3.63) is 0 Å². The predicted octanol–water partition coefficient (Wildman–Crippen LogP) is 1.11. The highest BCUT2D eigenvalue weighted by molar-refractivity contribution is 7.90. The van der Waals surface area contributed by atoms with Crippen LogP contribution < -0.4 is 0 Å². The molecule has 1 atom stereocenters. The third-order valence-corrected chi connectivity index (χ3v) is 4.23. The molecule has 0 aromatic rings. The van der Waals surface area contributed by atoms with Crippen LogP contribution in [0.15, 0.2) is 0 Å². The second-order valence-corrected chi connectivity index (χ2v) is 6.94. The van der Waals surface area contributed by atoms with E-state index in [0.29, 0.717) is 12.8 Å². The van der Waals surface area contributed by atoms with Gasteiger partial charge in [0.25, 0.3) is 0 Å². The molecule has 16 heavy (non-hydrogen) atoms. The van der Waals surface area contributed by atoms with E-state index in [2.05, 4.69) is 0 Å². The van der Waals surface area contributed by atoms with Crippen LogP contribution in [0.1, 0.15) is 33.1 Å². The minimum absolute atomic E-state index is 0.0892. The minimum Gasteiger partial charge on any atom is -0.298 e. The molecule has 0 amide bonds. The minimum atomic E-state index is -2.96. The van der Waals surface area contributed by atoms with Gasteiger partial charge in [0.15, 0.2) is 5.78 Å². The number of sulfone groups is 1. The van der Waals surface area contributed by atoms with Gasteiger partial charge in [-0.3, -0.25) is 9.69 Å². The van der Waals surface area contributed by atoms with E-state index in [1.807, 2.05) is 32.8 Å². The highest BCUT2D eigenvalue weighted by atomic mass is 32.2. The quantitative estimate of drug-likeness (QED) is 0.678. The van der Waals surface area contributed by atoms with Crippen molar-refractivity contribution >= 4 is 15.6 Å². The first-order valence-corrected chi connectivity index (χ1v) is 7.58. The van der Waals surface area contributed by atoms with Crippen LogP contribution in [-0.2, 0) is 14.6 Å². The van der Waals surface area contributed by atoms with E-state index in [9.17, 15) is 13.2 Å². The molecule has 0 saturated carbocycles. The van der Waals surface area contributed by atoms with E-state index < -0.39 is 15.4 Å². The molecule has 0 radical (unpaired) electrons. The standard InChI is InChI=1S/C11H23NO3S/c1-6-11(2,12(3)4)10(13)8-7-9-16(5,14)15/h6-9H2,1-5H3. The smallest absolute Gasteiger partial charge is 0.152 e. The molecule has 4 nitrogen and oxygen atoms in total. The lowest BCUT2D eigenvalue weighted by Crippen LogP contribution is -2.48. The van der Waals surface area contributed by atoms with Gasteiger partial charge in [-0.15, -0.1) is 0 Å². The third-order valence-electron chi connectivity index (χ3n) is 3.20. The van der Waals surface area contributed by atoms with Gasteiger partial charge in [0.1, 0.15) is 9.84 Å². The van der Waals surface area contributed by atoms with Crippen molar-refractivity contribution < 1.29 is 13.2 Å². The number of ketones is 1.